The summed E-state index contributed by atoms with van der Waals surface area (Å²) in [5.74, 6) is 5.31. The highest BCUT2D eigenvalue weighted by Crippen LogP contribution is 2.48. The molecule has 15 rings (SSSR count). The third-order valence-electron chi connectivity index (χ3n) is 23.7. The number of aromatic amines is 5. The van der Waals surface area contributed by atoms with Crippen molar-refractivity contribution in [2.45, 2.75) is 269 Å². The highest BCUT2D eigenvalue weighted by molar-refractivity contribution is 7.99. The van der Waals surface area contributed by atoms with Gasteiger partial charge in [-0.25, -0.2) is 44.9 Å². The molecule has 0 radical (unpaired) electrons. The Kier molecular flexibility index (Phi) is 39.1. The summed E-state index contributed by atoms with van der Waals surface area (Å²) in [6.07, 6.45) is 18.5. The summed E-state index contributed by atoms with van der Waals surface area (Å²) in [5, 5.41) is 111. The molecule has 0 aromatic carbocycles. The highest BCUT2D eigenvalue weighted by Gasteiger charge is 2.51. The van der Waals surface area contributed by atoms with E-state index in [4.69, 9.17) is 23.7 Å². The maximum atomic E-state index is 12.4. The average molecular weight is 2110 g/mol. The predicted octanol–water partition coefficient (Wildman–Crippen LogP) is 7.25. The number of aliphatic hydroxyl groups excluding tert-OH is 10. The van der Waals surface area contributed by atoms with Gasteiger partial charge in [-0.3, -0.25) is 51.8 Å². The molecule has 0 unspecified atom stereocenters. The Morgan fingerprint density at radius 2 is 0.604 bits per heavy atom. The Labute approximate surface area is 825 Å². The van der Waals surface area contributed by atoms with Crippen LogP contribution < -0.4 is 33.1 Å². The van der Waals surface area contributed by atoms with E-state index in [9.17, 15) is 75.0 Å². The molecule has 774 valence electrons. The van der Waals surface area contributed by atoms with Crippen molar-refractivity contribution >= 4 is 175 Å². The smallest absolute Gasteiger partial charge is 0.280 e. The molecular formula is C89H144N21O20P5S4. The van der Waals surface area contributed by atoms with Crippen LogP contribution in [-0.2, 0) is 23.7 Å². The Morgan fingerprint density at radius 3 is 0.878 bits per heavy atom. The van der Waals surface area contributed by atoms with E-state index in [0.29, 0.717) is 98.6 Å². The first-order valence-corrected chi connectivity index (χ1v) is 66.0. The van der Waals surface area contributed by atoms with Crippen LogP contribution >= 0.6 is 81.5 Å². The van der Waals surface area contributed by atoms with Gasteiger partial charge in [0.1, 0.15) is 84.3 Å². The topological polar surface area (TPSA) is 578 Å². The van der Waals surface area contributed by atoms with Crippen molar-refractivity contribution in [2.24, 2.45) is 0 Å². The fourth-order valence-corrected chi connectivity index (χ4v) is 24.8. The second kappa shape index (κ2) is 48.0. The molecule has 5 fully saturated rings. The molecule has 20 atom stereocenters. The first kappa shape index (κ1) is 113. The largest absolute Gasteiger partial charge is 0.388 e. The molecule has 139 heavy (non-hydrogen) atoms. The lowest BCUT2D eigenvalue weighted by Crippen LogP contribution is -2.32. The summed E-state index contributed by atoms with van der Waals surface area (Å²) >= 11 is 5.93. The number of aryl methyl sites for hydroxylation is 4. The van der Waals surface area contributed by atoms with E-state index in [1.807, 2.05) is 6.92 Å². The Hall–Kier alpha value is -6.15. The van der Waals surface area contributed by atoms with Crippen LogP contribution in [0.25, 0.3) is 55.8 Å². The summed E-state index contributed by atoms with van der Waals surface area (Å²) in [4.78, 5) is 119. The summed E-state index contributed by atoms with van der Waals surface area (Å²) < 4.78 is 38.4. The molecule has 0 spiro atoms. The van der Waals surface area contributed by atoms with Gasteiger partial charge in [-0.2, -0.15) is 4.98 Å². The van der Waals surface area contributed by atoms with Gasteiger partial charge in [-0.05, 0) is 182 Å². The molecule has 0 saturated carbocycles. The minimum absolute atomic E-state index is 0.151. The quantitative estimate of drug-likeness (QED) is 0.0106. The number of unbranched alkanes of at least 4 members (excludes halogenated alkanes) is 3. The van der Waals surface area contributed by atoms with Crippen molar-refractivity contribution in [1.82, 2.24) is 97.6 Å². The van der Waals surface area contributed by atoms with Crippen LogP contribution in [0, 0.1) is 27.7 Å². The van der Waals surface area contributed by atoms with Crippen molar-refractivity contribution in [3.63, 3.8) is 0 Å². The number of fused-ring (bicyclic) bond motifs is 5. The van der Waals surface area contributed by atoms with Gasteiger partial charge in [0.15, 0.2) is 108 Å². The minimum atomic E-state index is -1.28. The standard InChI is InChI=1S/C20H33N4O4PS.C19H31N4O4PS.C18H29N4O4PS.C17H27N4O4PS.C15H24N5O4P/c1-6-7-8-11-30-20-23-14-17(21-12(2)22-18(14)27)24(20)19-16(26)15(25)13(28-19)9-10-29(3,4)5;1-6-7-10-29-19-22-13-16(20-11(2)21-17(13)26)23(19)18-15(25)14(24)12(27-18)8-9-28(3,4)5;1-6-9-28-18-21-12-15(19-10(2)20-16(12)25)22(18)17-14(24)13(23)11(26-17)7-8-27(3,4)5;1-6-27-17-20-11-14(18-9(2)19-15(11)24)21(17)16-13(23)12(22)10(25-16)7-8-26(3,4)5;1-16-15-18-12-9(13(23)19-15)17-7-20(12)14-11(22)10(21)8(24-14)5-6-25(2,3)4/h13,15-16,19,25-26H,3,6-11H2,1-2,4-5H3,(H,21,22,27);12,14-15,18,24-25H,3,6-10H2,1-2,4-5H3,(H,20,21,26);11,13-14,17,23-24H,3,6-9H2,1-2,4-5H3,(H,19,20,25);10,12-13,16,22-23H,3,6-8H2,1-2,4-5H3,(H,18,19,24);7-8,10-11,14,21-22H,2,5-6H2,1,3-4H3,(H2,16,18,19,23)/t13-,15-,16-,19-;12-,14-,15-,18-;11-,13-,14-,17-;10-,12-,13-,16-;8-,10-,11-,14-/m11111/s1. The van der Waals surface area contributed by atoms with Crippen LogP contribution in [0.3, 0.4) is 0 Å². The van der Waals surface area contributed by atoms with Crippen LogP contribution in [0.2, 0.25) is 0 Å². The van der Waals surface area contributed by atoms with Crippen molar-refractivity contribution in [1.29, 1.82) is 0 Å². The van der Waals surface area contributed by atoms with Gasteiger partial charge in [0.25, 0.3) is 27.8 Å². The van der Waals surface area contributed by atoms with Gasteiger partial charge in [-0.15, -0.1) is 65.9 Å². The number of aromatic nitrogens is 20. The summed E-state index contributed by atoms with van der Waals surface area (Å²) in [7, 11) is 1.63. The third-order valence-corrected chi connectivity index (χ3v) is 35.1. The number of imidazole rings is 5. The van der Waals surface area contributed by atoms with Crippen LogP contribution in [0.15, 0.2) is 50.9 Å². The molecular weight excluding hydrogens is 1970 g/mol. The lowest BCUT2D eigenvalue weighted by atomic mass is 10.1. The summed E-state index contributed by atoms with van der Waals surface area (Å²) in [5.41, 5.74) is 1.06. The Bertz CT molecular complexity index is 6490. The molecule has 10 aromatic rings. The minimum Gasteiger partial charge on any atom is -0.388 e. The first-order valence-electron chi connectivity index (χ1n) is 46.8. The maximum Gasteiger partial charge on any atom is 0.280 e. The average Bonchev–Trinajstić information content (AvgIpc) is 1.62. The summed E-state index contributed by atoms with van der Waals surface area (Å²) in [6.45, 7) is 30.0. The van der Waals surface area contributed by atoms with E-state index in [0.717, 1.165) is 92.3 Å². The molecule has 15 heterocycles. The van der Waals surface area contributed by atoms with Gasteiger partial charge in [0.2, 0.25) is 5.95 Å². The molecule has 5 aliphatic rings. The van der Waals surface area contributed by atoms with Gasteiger partial charge in [0.05, 0.1) is 36.8 Å². The number of ether oxygens (including phenoxy) is 5. The van der Waals surface area contributed by atoms with Crippen LogP contribution in [-0.4, -0.2) is 399 Å². The Balaban J connectivity index is 0.000000167. The zero-order valence-electron chi connectivity index (χ0n) is 82.9. The van der Waals surface area contributed by atoms with E-state index in [-0.39, 0.29) is 67.0 Å². The normalized spacial score (nSPS) is 25.7. The molecule has 41 nitrogen and oxygen atoms in total. The van der Waals surface area contributed by atoms with Crippen molar-refractivity contribution in [3.8, 4) is 0 Å². The summed E-state index contributed by atoms with van der Waals surface area (Å²) in [6, 6.07) is 0. The molecule has 10 aromatic heterocycles. The number of thioether (sulfide) groups is 4. The van der Waals surface area contributed by atoms with Gasteiger partial charge in [-0.1, -0.05) is 94.0 Å². The van der Waals surface area contributed by atoms with Gasteiger partial charge >= 0.3 is 0 Å². The number of aliphatic hydroxyl groups is 10. The number of anilines is 1. The van der Waals surface area contributed by atoms with Crippen LogP contribution in [0.4, 0.5) is 5.95 Å². The number of nitrogens with zero attached hydrogens (tertiary/aromatic N) is 15. The molecule has 16 N–H and O–H groups in total. The number of hydrogen-bond acceptors (Lipinski definition) is 35. The van der Waals surface area contributed by atoms with E-state index in [1.165, 1.54) is 57.9 Å². The molecule has 50 heteroatoms. The lowest BCUT2D eigenvalue weighted by molar-refractivity contribution is -0.0400. The molecule has 5 aliphatic heterocycles. The van der Waals surface area contributed by atoms with Gasteiger partial charge in [0, 0.05) is 24.3 Å². The van der Waals surface area contributed by atoms with E-state index >= 15 is 0 Å². The van der Waals surface area contributed by atoms with E-state index in [2.05, 4.69) is 199 Å². The molecule has 0 aliphatic carbocycles. The molecule has 0 bridgehead atoms. The SMILES string of the molecule is C=P(C)(C)CC[C@H]1O[C@@H](n2c(SCC)nc3c(=O)[nH]c(C)nc32)[C@H](O)[C@@H]1O.C=P(C)(C)CC[C@H]1O[C@@H](n2c(SCCC)nc3c(=O)[nH]c(C)nc32)[C@H](O)[C@@H]1O.C=P(C)(C)CC[C@H]1O[C@@H](n2c(SCCCC)nc3c(=O)[nH]c(C)nc32)[C@H](O)[C@@H]1O.C=P(C)(C)CC[C@H]1O[C@@H](n2c(SCCCCC)nc3c(=O)[nH]c(C)nc32)[C@H](O)[C@@H]1O.C=P(C)(C)CC[C@H]1O[C@@H](n2cnc3c(=O)[nH]c(NC)nc32)[C@H](O)[C@@H]1O. The fourth-order valence-electron chi connectivity index (χ4n) is 16.3. The second-order valence-corrected chi connectivity index (χ2v) is 65.4. The van der Waals surface area contributed by atoms with Gasteiger partial charge < -0.3 is 100 Å². The molecule has 5 saturated heterocycles. The zero-order chi connectivity index (χ0) is 102. The van der Waals surface area contributed by atoms with Crippen molar-refractivity contribution in [2.75, 3.05) is 133 Å². The van der Waals surface area contributed by atoms with Crippen LogP contribution in [0.1, 0.15) is 153 Å². The van der Waals surface area contributed by atoms with Crippen LogP contribution in [0.5, 0.6) is 0 Å². The Morgan fingerprint density at radius 1 is 0.338 bits per heavy atom. The monoisotopic (exact) mass is 2110 g/mol. The van der Waals surface area contributed by atoms with E-state index in [1.54, 1.807) is 53.0 Å². The predicted molar refractivity (Wildman–Crippen MR) is 569 cm³/mol. The highest BCUT2D eigenvalue weighted by atomic mass is 32.2. The fraction of sp³-hybridized carbons (Fsp3) is 0.663. The number of nitrogens with one attached hydrogen (secondary N) is 6. The zero-order valence-corrected chi connectivity index (χ0v) is 90.7. The lowest BCUT2D eigenvalue weighted by Gasteiger charge is -2.20. The number of H-pyrrole nitrogens is 5. The third kappa shape index (κ3) is 28.2. The number of rotatable bonds is 35. The first-order chi connectivity index (χ1) is 65.2. The van der Waals surface area contributed by atoms with Crippen molar-refractivity contribution < 1.29 is 74.7 Å². The number of hydrogen-bond donors (Lipinski definition) is 16. The van der Waals surface area contributed by atoms with Crippen molar-refractivity contribution in [3.05, 3.63) is 81.4 Å². The van der Waals surface area contributed by atoms with E-state index < -0.39 is 157 Å². The maximum absolute atomic E-state index is 12.4. The second-order valence-electron chi connectivity index (χ2n) is 39.4. The molecule has 0 amide bonds.